The fraction of sp³-hybridized carbons (Fsp3) is 0.500. The molecule has 1 aliphatic rings. The second-order valence-corrected chi connectivity index (χ2v) is 5.60. The number of rotatable bonds is 4. The van der Waals surface area contributed by atoms with Gasteiger partial charge in [-0.05, 0) is 43.4 Å². The molecule has 18 heavy (non-hydrogen) atoms. The summed E-state index contributed by atoms with van der Waals surface area (Å²) in [5, 5.41) is 0. The Balaban J connectivity index is 2.15. The lowest BCUT2D eigenvalue weighted by atomic mass is 9.91. The highest BCUT2D eigenvalue weighted by Crippen LogP contribution is 2.35. The Hall–Kier alpha value is -0.740. The topological polar surface area (TPSA) is 26.3 Å². The lowest BCUT2D eigenvalue weighted by molar-refractivity contribution is -0.139. The van der Waals surface area contributed by atoms with Gasteiger partial charge in [0, 0.05) is 18.0 Å². The van der Waals surface area contributed by atoms with Gasteiger partial charge in [0.2, 0.25) is 0 Å². The summed E-state index contributed by atoms with van der Waals surface area (Å²) in [4.78, 5) is 12.4. The molecule has 0 aliphatic heterocycles. The first-order valence-electron chi connectivity index (χ1n) is 6.10. The number of benzene rings is 1. The molecule has 1 aromatic rings. The summed E-state index contributed by atoms with van der Waals surface area (Å²) in [6.07, 6.45) is 3.94. The average molecular weight is 315 g/mol. The molecule has 1 aliphatic carbocycles. The van der Waals surface area contributed by atoms with Crippen LogP contribution in [0.3, 0.4) is 0 Å². The Morgan fingerprint density at radius 1 is 1.44 bits per heavy atom. The molecule has 4 heteroatoms. The van der Waals surface area contributed by atoms with Crippen molar-refractivity contribution in [3.8, 4) is 0 Å². The Morgan fingerprint density at radius 2 is 2.11 bits per heavy atom. The van der Waals surface area contributed by atoms with Gasteiger partial charge < -0.3 is 4.74 Å². The lowest BCUT2D eigenvalue weighted by Crippen LogP contribution is -2.38. The summed E-state index contributed by atoms with van der Waals surface area (Å²) >= 11 is 3.29. The minimum atomic E-state index is -0.617. The van der Waals surface area contributed by atoms with E-state index < -0.39 is 5.60 Å². The zero-order valence-corrected chi connectivity index (χ0v) is 11.9. The van der Waals surface area contributed by atoms with Gasteiger partial charge in [0.25, 0.3) is 0 Å². The zero-order chi connectivity index (χ0) is 13.2. The Morgan fingerprint density at radius 3 is 2.67 bits per heavy atom. The first kappa shape index (κ1) is 13.7. The fourth-order valence-corrected chi connectivity index (χ4v) is 3.03. The SMILES string of the molecule is COC1(C(=O)Cc2ccc(F)cc2Br)CCCC1. The maximum Gasteiger partial charge on any atom is 0.168 e. The standard InChI is InChI=1S/C14H16BrFO2/c1-18-14(6-2-3-7-14)13(17)8-10-4-5-11(16)9-12(10)15/h4-5,9H,2-3,6-8H2,1H3. The number of methoxy groups -OCH3 is 1. The van der Waals surface area contributed by atoms with Crippen LogP contribution in [0.2, 0.25) is 0 Å². The minimum Gasteiger partial charge on any atom is -0.370 e. The van der Waals surface area contributed by atoms with Crippen LogP contribution < -0.4 is 0 Å². The van der Waals surface area contributed by atoms with Crippen molar-refractivity contribution in [1.29, 1.82) is 0 Å². The van der Waals surface area contributed by atoms with Gasteiger partial charge in [0.1, 0.15) is 11.4 Å². The molecular weight excluding hydrogens is 299 g/mol. The third-order valence-electron chi connectivity index (χ3n) is 3.68. The van der Waals surface area contributed by atoms with Crippen LogP contribution >= 0.6 is 15.9 Å². The van der Waals surface area contributed by atoms with E-state index in [1.807, 2.05) is 0 Å². The van der Waals surface area contributed by atoms with Crippen molar-refractivity contribution < 1.29 is 13.9 Å². The van der Waals surface area contributed by atoms with Gasteiger partial charge in [-0.15, -0.1) is 0 Å². The summed E-state index contributed by atoms with van der Waals surface area (Å²) in [7, 11) is 1.60. The average Bonchev–Trinajstić information content (AvgIpc) is 2.82. The molecule has 0 saturated heterocycles. The van der Waals surface area contributed by atoms with Gasteiger partial charge in [-0.2, -0.15) is 0 Å². The molecule has 0 spiro atoms. The molecule has 0 N–H and O–H groups in total. The molecule has 0 aromatic heterocycles. The van der Waals surface area contributed by atoms with Gasteiger partial charge in [-0.3, -0.25) is 4.79 Å². The molecule has 0 radical (unpaired) electrons. The third kappa shape index (κ3) is 2.64. The number of ether oxygens (including phenoxy) is 1. The fourth-order valence-electron chi connectivity index (χ4n) is 2.54. The van der Waals surface area contributed by atoms with E-state index >= 15 is 0 Å². The van der Waals surface area contributed by atoms with E-state index in [2.05, 4.69) is 15.9 Å². The second-order valence-electron chi connectivity index (χ2n) is 4.74. The number of Topliss-reactive ketones (excluding diaryl/α,β-unsaturated/α-hetero) is 1. The van der Waals surface area contributed by atoms with Crippen molar-refractivity contribution in [3.05, 3.63) is 34.1 Å². The highest BCUT2D eigenvalue weighted by molar-refractivity contribution is 9.10. The van der Waals surface area contributed by atoms with Crippen LogP contribution in [0.4, 0.5) is 4.39 Å². The van der Waals surface area contributed by atoms with Crippen LogP contribution in [0.15, 0.2) is 22.7 Å². The molecule has 98 valence electrons. The minimum absolute atomic E-state index is 0.0924. The molecule has 1 fully saturated rings. The van der Waals surface area contributed by atoms with Gasteiger partial charge in [-0.1, -0.05) is 22.0 Å². The number of ketones is 1. The number of carbonyl (C=O) groups is 1. The normalized spacial score (nSPS) is 17.9. The number of hydrogen-bond donors (Lipinski definition) is 0. The summed E-state index contributed by atoms with van der Waals surface area (Å²) < 4.78 is 19.1. The van der Waals surface area contributed by atoms with E-state index in [9.17, 15) is 9.18 Å². The smallest absolute Gasteiger partial charge is 0.168 e. The van der Waals surface area contributed by atoms with Crippen LogP contribution in [-0.2, 0) is 16.0 Å². The molecule has 1 aromatic carbocycles. The van der Waals surface area contributed by atoms with E-state index in [0.29, 0.717) is 4.47 Å². The Labute approximate surface area is 115 Å². The van der Waals surface area contributed by atoms with Gasteiger partial charge in [0.05, 0.1) is 0 Å². The van der Waals surface area contributed by atoms with Crippen molar-refractivity contribution in [1.82, 2.24) is 0 Å². The maximum absolute atomic E-state index is 13.0. The molecule has 0 heterocycles. The van der Waals surface area contributed by atoms with E-state index in [4.69, 9.17) is 4.74 Å². The number of carbonyl (C=O) groups excluding carboxylic acids is 1. The molecule has 1 saturated carbocycles. The van der Waals surface area contributed by atoms with Crippen LogP contribution in [-0.4, -0.2) is 18.5 Å². The van der Waals surface area contributed by atoms with Crippen LogP contribution in [0, 0.1) is 5.82 Å². The molecule has 0 bridgehead atoms. The molecule has 2 nitrogen and oxygen atoms in total. The summed E-state index contributed by atoms with van der Waals surface area (Å²) in [6.45, 7) is 0. The Bertz CT molecular complexity index is 453. The molecular formula is C14H16BrFO2. The predicted octanol–water partition coefficient (Wildman–Crippen LogP) is 3.66. The zero-order valence-electron chi connectivity index (χ0n) is 10.3. The first-order valence-corrected chi connectivity index (χ1v) is 6.89. The summed E-state index contributed by atoms with van der Waals surface area (Å²) in [6, 6.07) is 4.41. The largest absolute Gasteiger partial charge is 0.370 e. The van der Waals surface area contributed by atoms with Gasteiger partial charge in [0.15, 0.2) is 5.78 Å². The molecule has 0 amide bonds. The second kappa shape index (κ2) is 5.49. The monoisotopic (exact) mass is 314 g/mol. The van der Waals surface area contributed by atoms with Crippen molar-refractivity contribution in [2.45, 2.75) is 37.7 Å². The van der Waals surface area contributed by atoms with Crippen LogP contribution in [0.25, 0.3) is 0 Å². The lowest BCUT2D eigenvalue weighted by Gasteiger charge is -2.25. The Kier molecular flexibility index (Phi) is 4.17. The first-order chi connectivity index (χ1) is 8.57. The summed E-state index contributed by atoms with van der Waals surface area (Å²) in [5.41, 5.74) is 0.193. The molecule has 0 unspecified atom stereocenters. The molecule has 0 atom stereocenters. The van der Waals surface area contributed by atoms with Crippen LogP contribution in [0.1, 0.15) is 31.2 Å². The number of hydrogen-bond acceptors (Lipinski definition) is 2. The van der Waals surface area contributed by atoms with Crippen molar-refractivity contribution in [2.75, 3.05) is 7.11 Å². The highest BCUT2D eigenvalue weighted by atomic mass is 79.9. The van der Waals surface area contributed by atoms with E-state index in [-0.39, 0.29) is 18.0 Å². The number of halogens is 2. The van der Waals surface area contributed by atoms with Gasteiger partial charge in [-0.25, -0.2) is 4.39 Å². The quantitative estimate of drug-likeness (QED) is 0.847. The van der Waals surface area contributed by atoms with E-state index in [0.717, 1.165) is 31.2 Å². The molecule has 2 rings (SSSR count). The third-order valence-corrected chi connectivity index (χ3v) is 4.41. The van der Waals surface area contributed by atoms with Crippen molar-refractivity contribution in [3.63, 3.8) is 0 Å². The van der Waals surface area contributed by atoms with Crippen molar-refractivity contribution in [2.24, 2.45) is 0 Å². The van der Waals surface area contributed by atoms with Crippen molar-refractivity contribution >= 4 is 21.7 Å². The predicted molar refractivity (Wildman–Crippen MR) is 71.0 cm³/mol. The van der Waals surface area contributed by atoms with E-state index in [1.54, 1.807) is 13.2 Å². The van der Waals surface area contributed by atoms with E-state index in [1.165, 1.54) is 12.1 Å². The summed E-state index contributed by atoms with van der Waals surface area (Å²) in [5.74, 6) is -0.213. The maximum atomic E-state index is 13.0. The van der Waals surface area contributed by atoms with Crippen LogP contribution in [0.5, 0.6) is 0 Å². The highest BCUT2D eigenvalue weighted by Gasteiger charge is 2.40. The van der Waals surface area contributed by atoms with Gasteiger partial charge >= 0.3 is 0 Å².